The average Bonchev–Trinajstić information content (AvgIpc) is 3.53. The van der Waals surface area contributed by atoms with Crippen LogP contribution in [-0.2, 0) is 14.3 Å². The van der Waals surface area contributed by atoms with Gasteiger partial charge in [0, 0.05) is 11.5 Å². The van der Waals surface area contributed by atoms with E-state index in [1.165, 1.54) is 18.2 Å². The first-order valence-corrected chi connectivity index (χ1v) is 12.0. The molecule has 2 fully saturated rings. The number of primary amides is 1. The van der Waals surface area contributed by atoms with Gasteiger partial charge in [-0.2, -0.15) is 0 Å². The molecule has 10 nitrogen and oxygen atoms in total. The lowest BCUT2D eigenvalue weighted by molar-refractivity contribution is -0.354. The largest absolute Gasteiger partial charge is 0.394 e. The maximum Gasteiger partial charge on any atom is 0.225 e. The van der Waals surface area contributed by atoms with E-state index in [4.69, 9.17) is 15.2 Å². The van der Waals surface area contributed by atoms with Crippen molar-refractivity contribution in [3.63, 3.8) is 0 Å². The Kier molecular flexibility index (Phi) is 7.15. The predicted molar refractivity (Wildman–Crippen MR) is 123 cm³/mol. The monoisotopic (exact) mass is 552 g/mol. The van der Waals surface area contributed by atoms with Gasteiger partial charge in [-0.1, -0.05) is 17.3 Å². The summed E-state index contributed by atoms with van der Waals surface area (Å²) in [4.78, 5) is 12.6. The molecule has 3 aromatic rings. The molecule has 208 valence electrons. The summed E-state index contributed by atoms with van der Waals surface area (Å²) < 4.78 is 67.8. The molecular formula is C25H24F4N4O6. The van der Waals surface area contributed by atoms with Gasteiger partial charge in [-0.15, -0.1) is 5.10 Å². The number of aliphatic hydroxyl groups excluding tert-OH is 3. The minimum absolute atomic E-state index is 0.0154. The fraction of sp³-hybridized carbons (Fsp3) is 0.400. The average molecular weight is 552 g/mol. The number of aliphatic hydroxyl groups is 3. The lowest BCUT2D eigenvalue weighted by Crippen LogP contribution is -2.66. The van der Waals surface area contributed by atoms with Crippen molar-refractivity contribution >= 4 is 5.91 Å². The van der Waals surface area contributed by atoms with E-state index in [0.717, 1.165) is 16.9 Å². The first-order chi connectivity index (χ1) is 18.6. The lowest BCUT2D eigenvalue weighted by atomic mass is 9.74. The summed E-state index contributed by atoms with van der Waals surface area (Å²) in [6, 6.07) is 5.18. The first kappa shape index (κ1) is 27.1. The maximum absolute atomic E-state index is 14.0. The fourth-order valence-electron chi connectivity index (χ4n) is 5.50. The van der Waals surface area contributed by atoms with E-state index in [2.05, 4.69) is 10.3 Å². The van der Waals surface area contributed by atoms with Crippen LogP contribution in [0.2, 0.25) is 0 Å². The zero-order valence-corrected chi connectivity index (χ0v) is 20.1. The Labute approximate surface area is 218 Å². The van der Waals surface area contributed by atoms with E-state index in [1.807, 2.05) is 0 Å². The number of carbonyl (C=O) groups is 1. The highest BCUT2D eigenvalue weighted by Crippen LogP contribution is 2.51. The summed E-state index contributed by atoms with van der Waals surface area (Å²) in [5, 5.41) is 40.3. The molecule has 5 rings (SSSR count). The summed E-state index contributed by atoms with van der Waals surface area (Å²) in [6.45, 7) is -0.752. The van der Waals surface area contributed by atoms with E-state index in [1.54, 1.807) is 0 Å². The number of hydrogen-bond acceptors (Lipinski definition) is 8. The Bertz CT molecular complexity index is 1370. The summed E-state index contributed by atoms with van der Waals surface area (Å²) >= 11 is 0. The molecule has 39 heavy (non-hydrogen) atoms. The molecule has 2 aliphatic rings. The second-order valence-electron chi connectivity index (χ2n) is 9.50. The minimum Gasteiger partial charge on any atom is -0.394 e. The number of aromatic nitrogens is 3. The van der Waals surface area contributed by atoms with Crippen molar-refractivity contribution in [1.82, 2.24) is 15.0 Å². The molecule has 14 heteroatoms. The molecule has 1 amide bonds. The zero-order valence-electron chi connectivity index (χ0n) is 20.1. The summed E-state index contributed by atoms with van der Waals surface area (Å²) in [6.07, 6.45) is -3.42. The second kappa shape index (κ2) is 10.3. The molecule has 2 aliphatic heterocycles. The van der Waals surface area contributed by atoms with Gasteiger partial charge in [0.2, 0.25) is 11.7 Å². The van der Waals surface area contributed by atoms with Gasteiger partial charge in [-0.05, 0) is 36.2 Å². The van der Waals surface area contributed by atoms with Gasteiger partial charge in [0.15, 0.2) is 17.5 Å². The van der Waals surface area contributed by atoms with Crippen molar-refractivity contribution < 1.29 is 47.1 Å². The number of halogens is 4. The van der Waals surface area contributed by atoms with Crippen molar-refractivity contribution in [2.24, 2.45) is 11.7 Å². The molecule has 0 radical (unpaired) electrons. The van der Waals surface area contributed by atoms with Gasteiger partial charge in [-0.25, -0.2) is 22.2 Å². The van der Waals surface area contributed by atoms with Crippen LogP contribution in [-0.4, -0.2) is 73.5 Å². The first-order valence-electron chi connectivity index (χ1n) is 12.0. The number of carbonyl (C=O) groups excluding carboxylic acids is 1. The SMILES string of the molecule is NC(=O)C(c1cccc(F)c1)[C@H]1CCO[C@]12O[C@H](CO)[C@H](O)[C@H](n1cc(-c3cc(F)c(F)c(F)c3)nn1)[C@H]2O. The van der Waals surface area contributed by atoms with Gasteiger partial charge in [0.25, 0.3) is 0 Å². The third-order valence-electron chi connectivity index (χ3n) is 7.27. The van der Waals surface area contributed by atoms with Crippen molar-refractivity contribution in [1.29, 1.82) is 0 Å². The van der Waals surface area contributed by atoms with Gasteiger partial charge in [-0.3, -0.25) is 4.79 Å². The predicted octanol–water partition coefficient (Wildman–Crippen LogP) is 1.16. The molecule has 7 atom stereocenters. The molecule has 0 saturated carbocycles. The molecule has 3 heterocycles. The molecular weight excluding hydrogens is 528 g/mol. The number of amides is 1. The third-order valence-corrected chi connectivity index (χ3v) is 7.27. The molecule has 1 unspecified atom stereocenters. The van der Waals surface area contributed by atoms with Crippen LogP contribution >= 0.6 is 0 Å². The van der Waals surface area contributed by atoms with E-state index < -0.39 is 77.8 Å². The van der Waals surface area contributed by atoms with Crippen LogP contribution in [0.4, 0.5) is 17.6 Å². The molecule has 0 bridgehead atoms. The topological polar surface area (TPSA) is 153 Å². The Morgan fingerprint density at radius 2 is 1.90 bits per heavy atom. The lowest BCUT2D eigenvalue weighted by Gasteiger charge is -2.50. The standard InChI is InChI=1S/C25H24F4N4O6/c26-13-3-1-2-11(6-13)19(24(30)37)14-4-5-38-25(14)23(36)21(22(35)18(10-34)39-25)33-9-17(31-32-33)12-7-15(27)20(29)16(28)8-12/h1-3,6-9,14,18-19,21-23,34-36H,4-5,10H2,(H2,30,37)/t14-,18-,19?,21+,22+,23-,25+/m1/s1. The van der Waals surface area contributed by atoms with Crippen LogP contribution < -0.4 is 5.73 Å². The van der Waals surface area contributed by atoms with Crippen LogP contribution in [0, 0.1) is 29.2 Å². The fourth-order valence-corrected chi connectivity index (χ4v) is 5.50. The van der Waals surface area contributed by atoms with Crippen LogP contribution in [0.25, 0.3) is 11.3 Å². The minimum atomic E-state index is -2.01. The van der Waals surface area contributed by atoms with Crippen molar-refractivity contribution in [3.05, 3.63) is 71.4 Å². The molecule has 5 N–H and O–H groups in total. The van der Waals surface area contributed by atoms with E-state index in [9.17, 15) is 37.7 Å². The number of hydrogen-bond donors (Lipinski definition) is 4. The normalized spacial score (nSPS) is 29.6. The number of nitrogens with zero attached hydrogens (tertiary/aromatic N) is 3. The molecule has 1 aromatic heterocycles. The van der Waals surface area contributed by atoms with Crippen LogP contribution in [0.15, 0.2) is 42.6 Å². The highest BCUT2D eigenvalue weighted by atomic mass is 19.2. The Balaban J connectivity index is 1.56. The Hall–Kier alpha value is -3.43. The quantitative estimate of drug-likeness (QED) is 0.263. The van der Waals surface area contributed by atoms with Crippen LogP contribution in [0.5, 0.6) is 0 Å². The molecule has 2 saturated heterocycles. The highest BCUT2D eigenvalue weighted by Gasteiger charge is 2.63. The second-order valence-corrected chi connectivity index (χ2v) is 9.50. The van der Waals surface area contributed by atoms with Crippen molar-refractivity contribution in [2.75, 3.05) is 13.2 Å². The highest BCUT2D eigenvalue weighted by molar-refractivity contribution is 5.82. The molecule has 2 aromatic carbocycles. The maximum atomic E-state index is 14.0. The summed E-state index contributed by atoms with van der Waals surface area (Å²) in [5.41, 5.74) is 5.63. The zero-order chi connectivity index (χ0) is 28.1. The molecule has 1 spiro atoms. The smallest absolute Gasteiger partial charge is 0.225 e. The number of benzene rings is 2. The van der Waals surface area contributed by atoms with E-state index in [0.29, 0.717) is 12.1 Å². The summed E-state index contributed by atoms with van der Waals surface area (Å²) in [5.74, 6) is -10.2. The Morgan fingerprint density at radius 1 is 1.18 bits per heavy atom. The van der Waals surface area contributed by atoms with Crippen LogP contribution in [0.1, 0.15) is 23.9 Å². The molecule has 0 aliphatic carbocycles. The van der Waals surface area contributed by atoms with Crippen LogP contribution in [0.3, 0.4) is 0 Å². The van der Waals surface area contributed by atoms with Gasteiger partial charge < -0.3 is 30.5 Å². The number of nitrogens with two attached hydrogens (primary N) is 1. The number of ether oxygens (including phenoxy) is 2. The van der Waals surface area contributed by atoms with Crippen molar-refractivity contribution in [3.8, 4) is 11.3 Å². The van der Waals surface area contributed by atoms with Gasteiger partial charge >= 0.3 is 0 Å². The van der Waals surface area contributed by atoms with Gasteiger partial charge in [0.1, 0.15) is 35.9 Å². The van der Waals surface area contributed by atoms with E-state index >= 15 is 0 Å². The summed E-state index contributed by atoms with van der Waals surface area (Å²) in [7, 11) is 0. The Morgan fingerprint density at radius 3 is 2.54 bits per heavy atom. The third kappa shape index (κ3) is 4.57. The van der Waals surface area contributed by atoms with Gasteiger partial charge in [0.05, 0.1) is 25.3 Å². The van der Waals surface area contributed by atoms with E-state index in [-0.39, 0.29) is 29.8 Å². The number of rotatable bonds is 6. The van der Waals surface area contributed by atoms with Crippen molar-refractivity contribution in [2.45, 2.75) is 42.5 Å².